The lowest BCUT2D eigenvalue weighted by Crippen LogP contribution is -2.45. The van der Waals surface area contributed by atoms with Crippen molar-refractivity contribution in [3.63, 3.8) is 0 Å². The van der Waals surface area contributed by atoms with Crippen molar-refractivity contribution >= 4 is 28.3 Å². The highest BCUT2D eigenvalue weighted by atomic mass is 35.5. The minimum atomic E-state index is -0.492. The summed E-state index contributed by atoms with van der Waals surface area (Å²) in [5.41, 5.74) is 2.86. The molecule has 0 aliphatic carbocycles. The zero-order valence-corrected chi connectivity index (χ0v) is 23.7. The van der Waals surface area contributed by atoms with E-state index in [9.17, 15) is 14.4 Å². The van der Waals surface area contributed by atoms with Crippen LogP contribution in [-0.4, -0.2) is 45.6 Å². The first-order chi connectivity index (χ1) is 19.3. The molecule has 1 aliphatic rings. The van der Waals surface area contributed by atoms with Gasteiger partial charge < -0.3 is 9.80 Å². The topological polar surface area (TPSA) is 78.0 Å². The monoisotopic (exact) mass is 556 g/mol. The zero-order valence-electron chi connectivity index (χ0n) is 22.9. The molecule has 0 bridgehead atoms. The van der Waals surface area contributed by atoms with Gasteiger partial charge in [0.15, 0.2) is 0 Å². The first-order valence-corrected chi connectivity index (χ1v) is 13.7. The summed E-state index contributed by atoms with van der Waals surface area (Å²) >= 11 is 6.78. The Morgan fingerprint density at radius 1 is 1.12 bits per heavy atom. The van der Waals surface area contributed by atoms with Gasteiger partial charge in [-0.3, -0.25) is 14.3 Å². The molecule has 0 N–H and O–H groups in total. The maximum absolute atomic E-state index is 14.9. The molecule has 1 aliphatic heterocycles. The van der Waals surface area contributed by atoms with E-state index < -0.39 is 11.4 Å². The van der Waals surface area contributed by atoms with Crippen molar-refractivity contribution in [1.82, 2.24) is 19.4 Å². The summed E-state index contributed by atoms with van der Waals surface area (Å²) in [6.45, 7) is 10.5. The summed E-state index contributed by atoms with van der Waals surface area (Å²) in [6.07, 6.45) is 5.74. The molecule has 1 fully saturated rings. The van der Waals surface area contributed by atoms with Crippen molar-refractivity contribution in [2.75, 3.05) is 31.1 Å². The van der Waals surface area contributed by atoms with Crippen molar-refractivity contribution in [2.24, 2.45) is 0 Å². The van der Waals surface area contributed by atoms with Gasteiger partial charge in [-0.2, -0.15) is 5.26 Å². The highest BCUT2D eigenvalue weighted by Crippen LogP contribution is 2.37. The molecule has 3 aromatic heterocycles. The Morgan fingerprint density at radius 3 is 2.50 bits per heavy atom. The van der Waals surface area contributed by atoms with Gasteiger partial charge in [0, 0.05) is 43.3 Å². The third kappa shape index (κ3) is 4.71. The Kier molecular flexibility index (Phi) is 7.59. The fourth-order valence-corrected chi connectivity index (χ4v) is 5.59. The van der Waals surface area contributed by atoms with E-state index in [0.29, 0.717) is 41.2 Å². The first kappa shape index (κ1) is 27.4. The van der Waals surface area contributed by atoms with Crippen molar-refractivity contribution in [3.05, 3.63) is 92.9 Å². The smallest absolute Gasteiger partial charge is 0.276 e. The van der Waals surface area contributed by atoms with Gasteiger partial charge in [-0.05, 0) is 55.8 Å². The molecule has 0 unspecified atom stereocenters. The number of aryl methyl sites for hydroxylation is 1. The largest absolute Gasteiger partial charge is 0.374 e. The Balaban J connectivity index is 1.89. The summed E-state index contributed by atoms with van der Waals surface area (Å²) in [5.74, 6) is -0.486. The van der Waals surface area contributed by atoms with Crippen LogP contribution >= 0.6 is 11.6 Å². The van der Waals surface area contributed by atoms with Crippen LogP contribution in [0.1, 0.15) is 43.5 Å². The number of halogens is 2. The highest BCUT2D eigenvalue weighted by molar-refractivity contribution is 6.34. The molecule has 0 saturated carbocycles. The normalized spacial score (nSPS) is 13.9. The molecular weight excluding hydrogens is 527 g/mol. The van der Waals surface area contributed by atoms with Crippen molar-refractivity contribution in [1.29, 1.82) is 5.26 Å². The van der Waals surface area contributed by atoms with E-state index in [2.05, 4.69) is 16.0 Å². The number of fused-ring (bicyclic) bond motifs is 1. The number of piperazine rings is 1. The van der Waals surface area contributed by atoms with Gasteiger partial charge >= 0.3 is 0 Å². The quantitative estimate of drug-likeness (QED) is 0.291. The summed E-state index contributed by atoms with van der Waals surface area (Å²) in [7, 11) is 0. The van der Waals surface area contributed by atoms with Crippen LogP contribution in [0.3, 0.4) is 0 Å². The van der Waals surface area contributed by atoms with Crippen LogP contribution in [0, 0.1) is 24.1 Å². The lowest BCUT2D eigenvalue weighted by atomic mass is 10.0. The maximum Gasteiger partial charge on any atom is 0.276 e. The van der Waals surface area contributed by atoms with Crippen molar-refractivity contribution < 1.29 is 4.39 Å². The molecule has 40 heavy (non-hydrogen) atoms. The van der Waals surface area contributed by atoms with Gasteiger partial charge in [0.05, 0.1) is 27.8 Å². The predicted octanol–water partition coefficient (Wildman–Crippen LogP) is 6.20. The van der Waals surface area contributed by atoms with Gasteiger partial charge in [-0.15, -0.1) is 0 Å². The standard InChI is InChI=1S/C31H30ClFN6O/c1-5-12-37-13-15-38(16-14-37)29-22-17-24(32)27(21-8-6-7-9-25(21)33)36-30(22)39(31(40)23(29)18-34)28-20(4)10-11-35-26(28)19(2)3/h5-12,17,19H,13-16H2,1-4H3. The van der Waals surface area contributed by atoms with E-state index >= 15 is 0 Å². The fraction of sp³-hybridized carbons (Fsp3) is 0.290. The molecule has 0 spiro atoms. The minimum Gasteiger partial charge on any atom is -0.374 e. The summed E-state index contributed by atoms with van der Waals surface area (Å²) in [5, 5.41) is 11.1. The molecule has 1 aromatic carbocycles. The number of aromatic nitrogens is 3. The second-order valence-corrected chi connectivity index (χ2v) is 10.6. The number of hydrogen-bond acceptors (Lipinski definition) is 6. The van der Waals surface area contributed by atoms with Crippen molar-refractivity contribution in [3.8, 4) is 23.0 Å². The average Bonchev–Trinajstić information content (AvgIpc) is 2.94. The number of allylic oxidation sites excluding steroid dienone is 1. The van der Waals surface area contributed by atoms with Crippen LogP contribution in [0.15, 0.2) is 59.7 Å². The lowest BCUT2D eigenvalue weighted by molar-refractivity contribution is 0.349. The van der Waals surface area contributed by atoms with Crippen LogP contribution in [0.5, 0.6) is 0 Å². The first-order valence-electron chi connectivity index (χ1n) is 13.3. The SMILES string of the molecule is CC=CN1CCN(c2c(C#N)c(=O)n(-c3c(C)ccnc3C(C)C)c3nc(-c4ccccc4F)c(Cl)cc23)CC1. The number of rotatable bonds is 5. The van der Waals surface area contributed by atoms with E-state index in [4.69, 9.17) is 16.6 Å². The van der Waals surface area contributed by atoms with Gasteiger partial charge in [0.1, 0.15) is 23.1 Å². The maximum atomic E-state index is 14.9. The molecule has 0 amide bonds. The van der Waals surface area contributed by atoms with Crippen molar-refractivity contribution in [2.45, 2.75) is 33.6 Å². The van der Waals surface area contributed by atoms with Gasteiger partial charge in [0.2, 0.25) is 0 Å². The van der Waals surface area contributed by atoms with E-state index in [1.54, 1.807) is 30.5 Å². The predicted molar refractivity (Wildman–Crippen MR) is 158 cm³/mol. The van der Waals surface area contributed by atoms with Gasteiger partial charge in [-0.25, -0.2) is 9.37 Å². The summed E-state index contributed by atoms with van der Waals surface area (Å²) in [6, 6.07) is 12.0. The number of pyridine rings is 3. The fourth-order valence-electron chi connectivity index (χ4n) is 5.34. The van der Waals surface area contributed by atoms with E-state index in [1.807, 2.05) is 50.9 Å². The summed E-state index contributed by atoms with van der Waals surface area (Å²) in [4.78, 5) is 28.0. The van der Waals surface area contributed by atoms with E-state index in [1.165, 1.54) is 10.6 Å². The van der Waals surface area contributed by atoms with Gasteiger partial charge in [-0.1, -0.05) is 43.7 Å². The molecule has 7 nitrogen and oxygen atoms in total. The number of anilines is 1. The third-order valence-electron chi connectivity index (χ3n) is 7.23. The van der Waals surface area contributed by atoms with E-state index in [0.717, 1.165) is 18.7 Å². The molecule has 9 heteroatoms. The van der Waals surface area contributed by atoms with Crippen LogP contribution < -0.4 is 10.5 Å². The van der Waals surface area contributed by atoms with Crippen LogP contribution in [0.4, 0.5) is 10.1 Å². The molecule has 4 heterocycles. The van der Waals surface area contributed by atoms with Gasteiger partial charge in [0.25, 0.3) is 5.56 Å². The Labute approximate surface area is 237 Å². The molecule has 5 rings (SSSR count). The molecule has 0 atom stereocenters. The number of nitriles is 1. The Hall–Kier alpha value is -4.22. The lowest BCUT2D eigenvalue weighted by Gasteiger charge is -2.36. The molecule has 1 saturated heterocycles. The van der Waals surface area contributed by atoms with Crippen LogP contribution in [0.25, 0.3) is 28.0 Å². The highest BCUT2D eigenvalue weighted by Gasteiger charge is 2.28. The Morgan fingerprint density at radius 2 is 1.85 bits per heavy atom. The number of benzene rings is 1. The second-order valence-electron chi connectivity index (χ2n) is 10.2. The zero-order chi connectivity index (χ0) is 28.6. The molecule has 0 radical (unpaired) electrons. The molecule has 4 aromatic rings. The number of nitrogens with zero attached hydrogens (tertiary/aromatic N) is 6. The average molecular weight is 557 g/mol. The molecular formula is C31H30ClFN6O. The summed E-state index contributed by atoms with van der Waals surface area (Å²) < 4.78 is 16.4. The third-order valence-corrected chi connectivity index (χ3v) is 7.52. The Bertz CT molecular complexity index is 1730. The van der Waals surface area contributed by atoms with Crippen LogP contribution in [0.2, 0.25) is 5.02 Å². The van der Waals surface area contributed by atoms with Crippen LogP contribution in [-0.2, 0) is 0 Å². The second kappa shape index (κ2) is 11.1. The minimum absolute atomic E-state index is 0.0138. The van der Waals surface area contributed by atoms with E-state index in [-0.39, 0.29) is 27.8 Å². The number of hydrogen-bond donors (Lipinski definition) is 0. The molecule has 204 valence electrons.